The third kappa shape index (κ3) is 4.85. The van der Waals surface area contributed by atoms with E-state index < -0.39 is 17.8 Å². The summed E-state index contributed by atoms with van der Waals surface area (Å²) in [5.74, 6) is -1.24. The number of halogens is 2. The first kappa shape index (κ1) is 22.4. The van der Waals surface area contributed by atoms with E-state index in [1.165, 1.54) is 18.2 Å². The predicted octanol–water partition coefficient (Wildman–Crippen LogP) is 5.14. The number of rotatable bonds is 5. The van der Waals surface area contributed by atoms with Crippen LogP contribution in [0, 0.1) is 12.7 Å². The molecule has 0 aliphatic carbocycles. The van der Waals surface area contributed by atoms with Crippen LogP contribution >= 0.6 is 15.9 Å². The third-order valence-corrected chi connectivity index (χ3v) is 5.65. The quantitative estimate of drug-likeness (QED) is 0.382. The molecule has 0 saturated carbocycles. The highest BCUT2D eigenvalue weighted by molar-refractivity contribution is 9.10. The molecule has 1 saturated heterocycles. The molecule has 1 aliphatic heterocycles. The van der Waals surface area contributed by atoms with E-state index in [1.54, 1.807) is 61.5 Å². The molecule has 0 unspecified atom stereocenters. The third-order valence-electron chi connectivity index (χ3n) is 5.03. The number of hydrogen-bond donors (Lipinski definition) is 1. The van der Waals surface area contributed by atoms with Gasteiger partial charge in [0, 0.05) is 0 Å². The average Bonchev–Trinajstić information content (AvgIpc) is 2.78. The molecule has 3 aromatic rings. The Labute approximate surface area is 197 Å². The molecule has 6 nitrogen and oxygen atoms in total. The van der Waals surface area contributed by atoms with Gasteiger partial charge in [0.05, 0.1) is 10.2 Å². The van der Waals surface area contributed by atoms with E-state index in [0.717, 1.165) is 16.0 Å². The van der Waals surface area contributed by atoms with Gasteiger partial charge in [-0.25, -0.2) is 14.1 Å². The molecule has 0 atom stereocenters. The first-order valence-corrected chi connectivity index (χ1v) is 10.8. The number of carbonyl (C=O) groups is 3. The van der Waals surface area contributed by atoms with Crippen LogP contribution in [-0.4, -0.2) is 17.8 Å². The van der Waals surface area contributed by atoms with Crippen LogP contribution in [0.4, 0.5) is 14.9 Å². The van der Waals surface area contributed by atoms with E-state index in [0.29, 0.717) is 21.5 Å². The van der Waals surface area contributed by atoms with Gasteiger partial charge < -0.3 is 4.74 Å². The summed E-state index contributed by atoms with van der Waals surface area (Å²) in [6, 6.07) is 17.2. The zero-order valence-corrected chi connectivity index (χ0v) is 19.1. The normalized spacial score (nSPS) is 15.1. The van der Waals surface area contributed by atoms with Gasteiger partial charge in [0.25, 0.3) is 11.8 Å². The molecule has 0 spiro atoms. The Morgan fingerprint density at radius 1 is 1.03 bits per heavy atom. The minimum atomic E-state index is -0.790. The molecule has 1 heterocycles. The zero-order chi connectivity index (χ0) is 23.5. The minimum absolute atomic E-state index is 0.162. The fourth-order valence-electron chi connectivity index (χ4n) is 3.32. The minimum Gasteiger partial charge on any atom is -0.488 e. The summed E-state index contributed by atoms with van der Waals surface area (Å²) in [6.45, 7) is 2.02. The number of nitrogens with one attached hydrogen (secondary N) is 1. The van der Waals surface area contributed by atoms with E-state index in [-0.39, 0.29) is 18.0 Å². The highest BCUT2D eigenvalue weighted by Crippen LogP contribution is 2.29. The Hall–Kier alpha value is -3.78. The van der Waals surface area contributed by atoms with Crippen molar-refractivity contribution in [2.75, 3.05) is 4.90 Å². The van der Waals surface area contributed by atoms with Crippen molar-refractivity contribution in [3.63, 3.8) is 0 Å². The van der Waals surface area contributed by atoms with Gasteiger partial charge in [0.15, 0.2) is 0 Å². The molecular formula is C25H18BrFN2O4. The Kier molecular flexibility index (Phi) is 6.37. The number of anilines is 1. The largest absolute Gasteiger partial charge is 0.488 e. The average molecular weight is 509 g/mol. The number of nitrogens with zero attached hydrogens (tertiary/aromatic N) is 1. The molecule has 1 N–H and O–H groups in total. The summed E-state index contributed by atoms with van der Waals surface area (Å²) in [7, 11) is 0. The second kappa shape index (κ2) is 9.38. The fraction of sp³-hybridized carbons (Fsp3) is 0.0800. The van der Waals surface area contributed by atoms with Crippen molar-refractivity contribution in [1.29, 1.82) is 0 Å². The van der Waals surface area contributed by atoms with Crippen LogP contribution in [-0.2, 0) is 16.2 Å². The lowest BCUT2D eigenvalue weighted by Gasteiger charge is -2.27. The molecule has 1 aliphatic rings. The first-order chi connectivity index (χ1) is 15.8. The van der Waals surface area contributed by atoms with E-state index in [2.05, 4.69) is 21.2 Å². The summed E-state index contributed by atoms with van der Waals surface area (Å²) < 4.78 is 19.4. The summed E-state index contributed by atoms with van der Waals surface area (Å²) in [5, 5.41) is 2.22. The van der Waals surface area contributed by atoms with Gasteiger partial charge in [-0.1, -0.05) is 36.4 Å². The maximum atomic E-state index is 13.1. The number of ether oxygens (including phenoxy) is 1. The SMILES string of the molecule is Cc1ccccc1N1C(=O)NC(=O)/C(=C\c2ccc(OCc3ccc(F)cc3)c(Br)c2)C1=O. The molecule has 0 radical (unpaired) electrons. The maximum Gasteiger partial charge on any atom is 0.335 e. The Bertz CT molecular complexity index is 1290. The van der Waals surface area contributed by atoms with Gasteiger partial charge in [-0.2, -0.15) is 0 Å². The predicted molar refractivity (Wildman–Crippen MR) is 125 cm³/mol. The van der Waals surface area contributed by atoms with Gasteiger partial charge >= 0.3 is 6.03 Å². The second-order valence-corrected chi connectivity index (χ2v) is 8.20. The van der Waals surface area contributed by atoms with Crippen LogP contribution in [0.2, 0.25) is 0 Å². The Balaban J connectivity index is 1.57. The van der Waals surface area contributed by atoms with Crippen LogP contribution in [0.25, 0.3) is 6.08 Å². The lowest BCUT2D eigenvalue weighted by atomic mass is 10.1. The molecule has 166 valence electrons. The topological polar surface area (TPSA) is 75.7 Å². The van der Waals surface area contributed by atoms with Crippen LogP contribution in [0.1, 0.15) is 16.7 Å². The number of urea groups is 1. The molecule has 4 amide bonds. The van der Waals surface area contributed by atoms with Gasteiger partial charge in [-0.05, 0) is 76.0 Å². The molecule has 0 aromatic heterocycles. The summed E-state index contributed by atoms with van der Waals surface area (Å²) in [4.78, 5) is 38.8. The van der Waals surface area contributed by atoms with Crippen LogP contribution in [0.5, 0.6) is 5.75 Å². The van der Waals surface area contributed by atoms with Gasteiger partial charge in [0.1, 0.15) is 23.7 Å². The number of hydrogen-bond acceptors (Lipinski definition) is 4. The standard InChI is InChI=1S/C25H18BrFN2O4/c1-15-4-2-3-5-21(15)29-24(31)19(23(30)28-25(29)32)12-17-8-11-22(20(26)13-17)33-14-16-6-9-18(27)10-7-16/h2-13H,14H2,1H3,(H,28,30,32)/b19-12+. The molecule has 0 bridgehead atoms. The van der Waals surface area contributed by atoms with Crippen LogP contribution < -0.4 is 15.0 Å². The second-order valence-electron chi connectivity index (χ2n) is 7.35. The maximum absolute atomic E-state index is 13.1. The molecule has 33 heavy (non-hydrogen) atoms. The number of amides is 4. The lowest BCUT2D eigenvalue weighted by Crippen LogP contribution is -2.54. The van der Waals surface area contributed by atoms with E-state index >= 15 is 0 Å². The van der Waals surface area contributed by atoms with Crippen LogP contribution in [0.15, 0.2) is 76.8 Å². The zero-order valence-electron chi connectivity index (χ0n) is 17.5. The first-order valence-electron chi connectivity index (χ1n) is 9.97. The van der Waals surface area contributed by atoms with E-state index in [4.69, 9.17) is 4.74 Å². The van der Waals surface area contributed by atoms with Gasteiger partial charge in [-0.15, -0.1) is 0 Å². The monoisotopic (exact) mass is 508 g/mol. The molecule has 8 heteroatoms. The number of barbiturate groups is 1. The van der Waals surface area contributed by atoms with Crippen molar-refractivity contribution in [1.82, 2.24) is 5.32 Å². The van der Waals surface area contributed by atoms with Crippen molar-refractivity contribution in [2.45, 2.75) is 13.5 Å². The summed E-state index contributed by atoms with van der Waals surface area (Å²) in [5.41, 5.74) is 2.34. The Morgan fingerprint density at radius 3 is 2.45 bits per heavy atom. The van der Waals surface area contributed by atoms with Crippen LogP contribution in [0.3, 0.4) is 0 Å². The molecule has 3 aromatic carbocycles. The number of imide groups is 2. The van der Waals surface area contributed by atoms with Gasteiger partial charge in [0.2, 0.25) is 0 Å². The number of carbonyl (C=O) groups excluding carboxylic acids is 3. The van der Waals surface area contributed by atoms with Crippen molar-refractivity contribution >= 4 is 45.5 Å². The smallest absolute Gasteiger partial charge is 0.335 e. The highest BCUT2D eigenvalue weighted by atomic mass is 79.9. The number of para-hydroxylation sites is 1. The summed E-state index contributed by atoms with van der Waals surface area (Å²) >= 11 is 3.43. The summed E-state index contributed by atoms with van der Waals surface area (Å²) in [6.07, 6.45) is 1.42. The van der Waals surface area contributed by atoms with Crippen molar-refractivity contribution in [3.05, 3.63) is 99.3 Å². The molecular weight excluding hydrogens is 491 g/mol. The number of aryl methyl sites for hydroxylation is 1. The van der Waals surface area contributed by atoms with E-state index in [1.807, 2.05) is 0 Å². The van der Waals surface area contributed by atoms with Crippen molar-refractivity contribution < 1.29 is 23.5 Å². The van der Waals surface area contributed by atoms with Crippen molar-refractivity contribution in [3.8, 4) is 5.75 Å². The molecule has 1 fully saturated rings. The highest BCUT2D eigenvalue weighted by Gasteiger charge is 2.37. The Morgan fingerprint density at radius 2 is 1.76 bits per heavy atom. The van der Waals surface area contributed by atoms with E-state index in [9.17, 15) is 18.8 Å². The van der Waals surface area contributed by atoms with Gasteiger partial charge in [-0.3, -0.25) is 14.9 Å². The lowest BCUT2D eigenvalue weighted by molar-refractivity contribution is -0.122. The van der Waals surface area contributed by atoms with Crippen molar-refractivity contribution in [2.24, 2.45) is 0 Å². The number of benzene rings is 3. The fourth-order valence-corrected chi connectivity index (χ4v) is 3.83. The molecule has 4 rings (SSSR count).